The van der Waals surface area contributed by atoms with Gasteiger partial charge in [0, 0.05) is 74.0 Å². The minimum Gasteiger partial charge on any atom is -0.468 e. The predicted molar refractivity (Wildman–Crippen MR) is 214 cm³/mol. The fraction of sp³-hybridized carbons (Fsp3) is 0.571. The number of hydrogen-bond donors (Lipinski definition) is 1. The van der Waals surface area contributed by atoms with Crippen molar-refractivity contribution >= 4 is 46.8 Å². The van der Waals surface area contributed by atoms with E-state index in [1.165, 1.54) is 39.0 Å². The first-order valence-electron chi connectivity index (χ1n) is 19.6. The number of amides is 1. The molecular formula is C42H55Cl2N5O6. The maximum atomic E-state index is 14.2. The summed E-state index contributed by atoms with van der Waals surface area (Å²) in [6.45, 7) is 8.13. The lowest BCUT2D eigenvalue weighted by atomic mass is 9.73. The number of allylic oxidation sites excluding steroid dienone is 1. The van der Waals surface area contributed by atoms with Crippen molar-refractivity contribution < 1.29 is 28.6 Å². The molecule has 2 saturated heterocycles. The Morgan fingerprint density at radius 3 is 2.16 bits per heavy atom. The molecule has 3 heterocycles. The third-order valence-electron chi connectivity index (χ3n) is 12.0. The monoisotopic (exact) mass is 795 g/mol. The molecule has 4 aliphatic rings. The number of halogens is 2. The zero-order valence-electron chi connectivity index (χ0n) is 32.2. The fourth-order valence-corrected chi connectivity index (χ4v) is 9.52. The summed E-state index contributed by atoms with van der Waals surface area (Å²) >= 11 is 13.7. The van der Waals surface area contributed by atoms with Gasteiger partial charge < -0.3 is 24.8 Å². The molecule has 2 aromatic carbocycles. The number of carbonyl (C=O) groups excluding carboxylic acids is 3. The van der Waals surface area contributed by atoms with Gasteiger partial charge in [-0.3, -0.25) is 24.4 Å². The largest absolute Gasteiger partial charge is 0.468 e. The number of ether oxygens (including phenoxy) is 3. The van der Waals surface area contributed by atoms with Crippen molar-refractivity contribution in [3.05, 3.63) is 80.5 Å². The van der Waals surface area contributed by atoms with Gasteiger partial charge in [-0.25, -0.2) is 4.79 Å². The van der Waals surface area contributed by atoms with Crippen molar-refractivity contribution in [1.82, 2.24) is 14.7 Å². The number of hydrogen-bond acceptors (Lipinski definition) is 10. The van der Waals surface area contributed by atoms with Crippen molar-refractivity contribution in [2.24, 2.45) is 22.1 Å². The molecule has 0 bridgehead atoms. The quantitative estimate of drug-likeness (QED) is 0.256. The number of benzene rings is 2. The number of morpholine rings is 1. The van der Waals surface area contributed by atoms with Crippen LogP contribution in [0.25, 0.3) is 0 Å². The SMILES string of the molecule is COC(=O)C1=C(CCc2ccccc2CN2CCOCC2)N=C(CC(=O)N2CCN(CC3(CN)CCCCC3)CC2)C(C(=O)OC)C1c1c(Cl)cccc1Cl. The summed E-state index contributed by atoms with van der Waals surface area (Å²) in [5.74, 6) is -3.58. The molecule has 2 aromatic rings. The smallest absolute Gasteiger partial charge is 0.336 e. The van der Waals surface area contributed by atoms with E-state index in [0.29, 0.717) is 62.7 Å². The molecule has 2 unspecified atom stereocenters. The average molecular weight is 797 g/mol. The first kappa shape index (κ1) is 41.3. The molecule has 0 radical (unpaired) electrons. The van der Waals surface area contributed by atoms with Gasteiger partial charge in [0.2, 0.25) is 5.91 Å². The number of methoxy groups -OCH3 is 2. The average Bonchev–Trinajstić information content (AvgIpc) is 3.21. The summed E-state index contributed by atoms with van der Waals surface area (Å²) in [7, 11) is 2.59. The van der Waals surface area contributed by atoms with Crippen LogP contribution in [0, 0.1) is 11.3 Å². The number of nitrogens with zero attached hydrogens (tertiary/aromatic N) is 4. The maximum Gasteiger partial charge on any atom is 0.336 e. The molecule has 1 amide bonds. The van der Waals surface area contributed by atoms with E-state index in [-0.39, 0.29) is 33.4 Å². The Kier molecular flexibility index (Phi) is 14.4. The van der Waals surface area contributed by atoms with E-state index in [4.69, 9.17) is 48.1 Å². The summed E-state index contributed by atoms with van der Waals surface area (Å²) < 4.78 is 16.3. The third-order valence-corrected chi connectivity index (χ3v) is 12.6. The fourth-order valence-electron chi connectivity index (χ4n) is 8.89. The van der Waals surface area contributed by atoms with E-state index in [0.717, 1.165) is 57.7 Å². The molecule has 2 atom stereocenters. The molecule has 3 fully saturated rings. The standard InChI is InChI=1S/C42H55Cl2N5O6/c1-53-40(51)37-33(14-13-29-9-4-5-10-30(29)26-47-21-23-55-24-22-47)46-34(38(41(52)54-2)39(37)36-31(43)11-8-12-32(36)44)25-35(50)49-19-17-48(18-20-49)28-42(27-45)15-6-3-7-16-42/h4-5,8-12,38-39H,3,6-7,13-28,45H2,1-2H3. The Hall–Kier alpha value is -3.32. The van der Waals surface area contributed by atoms with Crippen molar-refractivity contribution in [3.63, 3.8) is 0 Å². The molecular weight excluding hydrogens is 741 g/mol. The van der Waals surface area contributed by atoms with Crippen LogP contribution >= 0.6 is 23.2 Å². The highest BCUT2D eigenvalue weighted by Gasteiger charge is 2.46. The van der Waals surface area contributed by atoms with Gasteiger partial charge in [-0.05, 0) is 66.5 Å². The highest BCUT2D eigenvalue weighted by molar-refractivity contribution is 6.36. The van der Waals surface area contributed by atoms with Gasteiger partial charge in [0.25, 0.3) is 0 Å². The second-order valence-electron chi connectivity index (χ2n) is 15.3. The van der Waals surface area contributed by atoms with E-state index >= 15 is 0 Å². The molecule has 1 aliphatic carbocycles. The number of esters is 2. The normalized spacial score (nSPS) is 22.3. The Labute approximate surface area is 335 Å². The third kappa shape index (κ3) is 9.80. The summed E-state index contributed by atoms with van der Waals surface area (Å²) in [6, 6.07) is 13.3. The molecule has 11 nitrogen and oxygen atoms in total. The number of rotatable bonds is 13. The summed E-state index contributed by atoms with van der Waals surface area (Å²) in [5.41, 5.74) is 10.1. The lowest BCUT2D eigenvalue weighted by Gasteiger charge is -2.43. The van der Waals surface area contributed by atoms with Crippen LogP contribution in [0.3, 0.4) is 0 Å². The van der Waals surface area contributed by atoms with Gasteiger partial charge in [0.05, 0.1) is 45.1 Å². The highest BCUT2D eigenvalue weighted by atomic mass is 35.5. The highest BCUT2D eigenvalue weighted by Crippen LogP contribution is 2.47. The van der Waals surface area contributed by atoms with Crippen LogP contribution in [0.15, 0.2) is 58.7 Å². The molecule has 298 valence electrons. The van der Waals surface area contributed by atoms with Gasteiger partial charge in [-0.1, -0.05) is 72.8 Å². The zero-order chi connectivity index (χ0) is 39.0. The van der Waals surface area contributed by atoms with Crippen LogP contribution in [0.2, 0.25) is 10.0 Å². The molecule has 2 N–H and O–H groups in total. The summed E-state index contributed by atoms with van der Waals surface area (Å²) in [4.78, 5) is 53.6. The number of aliphatic imine (C=N–C) groups is 1. The van der Waals surface area contributed by atoms with Gasteiger partial charge in [0.1, 0.15) is 5.92 Å². The van der Waals surface area contributed by atoms with Crippen molar-refractivity contribution in [3.8, 4) is 0 Å². The van der Waals surface area contributed by atoms with Crippen LogP contribution in [0.4, 0.5) is 0 Å². The molecule has 0 spiro atoms. The second kappa shape index (κ2) is 19.2. The number of nitrogens with two attached hydrogens (primary N) is 1. The van der Waals surface area contributed by atoms with Crippen LogP contribution < -0.4 is 5.73 Å². The van der Waals surface area contributed by atoms with Gasteiger partial charge in [-0.2, -0.15) is 0 Å². The molecule has 0 aromatic heterocycles. The number of aryl methyl sites for hydroxylation is 1. The van der Waals surface area contributed by atoms with Gasteiger partial charge in [-0.15, -0.1) is 0 Å². The molecule has 6 rings (SSSR count). The van der Waals surface area contributed by atoms with Crippen molar-refractivity contribution in [2.45, 2.75) is 63.8 Å². The topological polar surface area (TPSA) is 127 Å². The van der Waals surface area contributed by atoms with Crippen LogP contribution in [0.5, 0.6) is 0 Å². The van der Waals surface area contributed by atoms with E-state index in [9.17, 15) is 14.4 Å². The Morgan fingerprint density at radius 1 is 0.855 bits per heavy atom. The van der Waals surface area contributed by atoms with E-state index < -0.39 is 23.8 Å². The summed E-state index contributed by atoms with van der Waals surface area (Å²) in [5, 5.41) is 0.555. The van der Waals surface area contributed by atoms with E-state index in [2.05, 4.69) is 21.9 Å². The van der Waals surface area contributed by atoms with E-state index in [1.54, 1.807) is 18.2 Å². The Morgan fingerprint density at radius 2 is 1.53 bits per heavy atom. The predicted octanol–water partition coefficient (Wildman–Crippen LogP) is 5.66. The number of piperazine rings is 1. The lowest BCUT2D eigenvalue weighted by molar-refractivity contribution is -0.143. The van der Waals surface area contributed by atoms with Gasteiger partial charge in [0.15, 0.2) is 0 Å². The molecule has 1 saturated carbocycles. The Balaban J connectivity index is 1.31. The minimum atomic E-state index is -1.14. The first-order chi connectivity index (χ1) is 26.7. The van der Waals surface area contributed by atoms with E-state index in [1.807, 2.05) is 17.0 Å². The van der Waals surface area contributed by atoms with Crippen molar-refractivity contribution in [2.75, 3.05) is 79.8 Å². The molecule has 3 aliphatic heterocycles. The maximum absolute atomic E-state index is 14.2. The number of carbonyl (C=O) groups is 3. The minimum absolute atomic E-state index is 0.128. The zero-order valence-corrected chi connectivity index (χ0v) is 33.7. The van der Waals surface area contributed by atoms with Crippen LogP contribution in [-0.2, 0) is 41.6 Å². The molecule has 55 heavy (non-hydrogen) atoms. The van der Waals surface area contributed by atoms with Gasteiger partial charge >= 0.3 is 11.9 Å². The van der Waals surface area contributed by atoms with Crippen molar-refractivity contribution in [1.29, 1.82) is 0 Å². The lowest BCUT2D eigenvalue weighted by Crippen LogP contribution is -2.53. The first-order valence-corrected chi connectivity index (χ1v) is 20.4. The Bertz CT molecular complexity index is 1730. The van der Waals surface area contributed by atoms with Crippen LogP contribution in [0.1, 0.15) is 67.6 Å². The summed E-state index contributed by atoms with van der Waals surface area (Å²) in [6.07, 6.45) is 6.77. The second-order valence-corrected chi connectivity index (χ2v) is 16.1. The molecule has 13 heteroatoms. The van der Waals surface area contributed by atoms with Crippen LogP contribution in [-0.4, -0.2) is 118 Å².